The molecule has 15 heavy (non-hydrogen) atoms. The van der Waals surface area contributed by atoms with Crippen molar-refractivity contribution < 1.29 is 8.42 Å². The molecule has 0 aliphatic carbocycles. The Balaban J connectivity index is 3.48. The third-order valence-corrected chi connectivity index (χ3v) is 4.24. The fourth-order valence-corrected chi connectivity index (χ4v) is 2.61. The lowest BCUT2D eigenvalue weighted by Crippen LogP contribution is -2.20. The molecule has 0 saturated heterocycles. The topological polar surface area (TPSA) is 46.2 Å². The Kier molecular flexibility index (Phi) is 3.76. The van der Waals surface area contributed by atoms with Crippen LogP contribution in [0.1, 0.15) is 16.7 Å². The van der Waals surface area contributed by atoms with E-state index in [-0.39, 0.29) is 0 Å². The standard InChI is InChI=1S/C10H14ClNO2S/c1-7-4-9(6-11)5-10(8(7)2)15(13,14)12-3/h4-5,12H,6H2,1-3H3. The molecule has 0 bridgehead atoms. The maximum atomic E-state index is 11.7. The summed E-state index contributed by atoms with van der Waals surface area (Å²) in [4.78, 5) is 0.306. The predicted molar refractivity (Wildman–Crippen MR) is 61.7 cm³/mol. The van der Waals surface area contributed by atoms with Crippen molar-refractivity contribution in [3.8, 4) is 0 Å². The Morgan fingerprint density at radius 1 is 1.33 bits per heavy atom. The van der Waals surface area contributed by atoms with Crippen molar-refractivity contribution in [2.24, 2.45) is 0 Å². The van der Waals surface area contributed by atoms with E-state index in [2.05, 4.69) is 4.72 Å². The van der Waals surface area contributed by atoms with Crippen molar-refractivity contribution >= 4 is 21.6 Å². The molecule has 0 fully saturated rings. The van der Waals surface area contributed by atoms with Gasteiger partial charge < -0.3 is 0 Å². The molecule has 1 aromatic carbocycles. The first-order valence-corrected chi connectivity index (χ1v) is 6.53. The molecule has 3 nitrogen and oxygen atoms in total. The zero-order valence-corrected chi connectivity index (χ0v) is 10.5. The molecular weight excluding hydrogens is 234 g/mol. The highest BCUT2D eigenvalue weighted by Gasteiger charge is 2.16. The van der Waals surface area contributed by atoms with Gasteiger partial charge in [0, 0.05) is 5.88 Å². The maximum Gasteiger partial charge on any atom is 0.240 e. The van der Waals surface area contributed by atoms with Gasteiger partial charge in [0.15, 0.2) is 0 Å². The third-order valence-electron chi connectivity index (χ3n) is 2.39. The number of alkyl halides is 1. The number of aryl methyl sites for hydroxylation is 1. The van der Waals surface area contributed by atoms with Crippen molar-refractivity contribution in [1.82, 2.24) is 4.72 Å². The van der Waals surface area contributed by atoms with E-state index in [1.54, 1.807) is 13.0 Å². The zero-order chi connectivity index (χ0) is 11.6. The van der Waals surface area contributed by atoms with Gasteiger partial charge in [0.25, 0.3) is 0 Å². The van der Waals surface area contributed by atoms with Gasteiger partial charge in [0.2, 0.25) is 10.0 Å². The van der Waals surface area contributed by atoms with Crippen LogP contribution in [0.15, 0.2) is 17.0 Å². The minimum atomic E-state index is -3.39. The monoisotopic (exact) mass is 247 g/mol. The Morgan fingerprint density at radius 3 is 2.40 bits per heavy atom. The number of nitrogens with one attached hydrogen (secondary N) is 1. The molecule has 1 aromatic rings. The van der Waals surface area contributed by atoms with Crippen LogP contribution in [-0.2, 0) is 15.9 Å². The molecule has 1 N–H and O–H groups in total. The smallest absolute Gasteiger partial charge is 0.214 e. The van der Waals surface area contributed by atoms with E-state index in [1.807, 2.05) is 13.0 Å². The van der Waals surface area contributed by atoms with Crippen LogP contribution in [0.5, 0.6) is 0 Å². The van der Waals surface area contributed by atoms with Gasteiger partial charge in [0.1, 0.15) is 0 Å². The quantitative estimate of drug-likeness (QED) is 0.830. The Labute approximate surface area is 95.5 Å². The Bertz CT molecular complexity index is 469. The molecule has 0 unspecified atom stereocenters. The first-order chi connectivity index (χ1) is 6.92. The summed E-state index contributed by atoms with van der Waals surface area (Å²) in [6.07, 6.45) is 0. The first-order valence-electron chi connectivity index (χ1n) is 4.52. The fourth-order valence-electron chi connectivity index (χ4n) is 1.37. The number of sulfonamides is 1. The van der Waals surface area contributed by atoms with Gasteiger partial charge in [-0.3, -0.25) is 0 Å². The van der Waals surface area contributed by atoms with E-state index in [9.17, 15) is 8.42 Å². The average Bonchev–Trinajstić information content (AvgIpc) is 2.21. The van der Waals surface area contributed by atoms with Gasteiger partial charge in [-0.2, -0.15) is 0 Å². The minimum Gasteiger partial charge on any atom is -0.214 e. The van der Waals surface area contributed by atoms with Crippen LogP contribution in [0.3, 0.4) is 0 Å². The molecule has 0 aromatic heterocycles. The molecule has 0 heterocycles. The lowest BCUT2D eigenvalue weighted by molar-refractivity contribution is 0.587. The van der Waals surface area contributed by atoms with Gasteiger partial charge in [-0.1, -0.05) is 6.07 Å². The minimum absolute atomic E-state index is 0.306. The van der Waals surface area contributed by atoms with Crippen molar-refractivity contribution in [3.63, 3.8) is 0 Å². The molecule has 0 atom stereocenters. The second-order valence-corrected chi connectivity index (χ2v) is 5.50. The van der Waals surface area contributed by atoms with Crippen LogP contribution in [0.2, 0.25) is 0 Å². The number of benzene rings is 1. The van der Waals surface area contributed by atoms with Crippen LogP contribution in [0, 0.1) is 13.8 Å². The van der Waals surface area contributed by atoms with E-state index < -0.39 is 10.0 Å². The summed E-state index contributed by atoms with van der Waals surface area (Å²) >= 11 is 5.70. The van der Waals surface area contributed by atoms with Gasteiger partial charge in [-0.25, -0.2) is 13.1 Å². The predicted octanol–water partition coefficient (Wildman–Crippen LogP) is 1.95. The normalized spacial score (nSPS) is 11.7. The van der Waals surface area contributed by atoms with E-state index >= 15 is 0 Å². The molecule has 5 heteroatoms. The molecule has 0 aliphatic heterocycles. The summed E-state index contributed by atoms with van der Waals surface area (Å²) in [6.45, 7) is 3.66. The van der Waals surface area contributed by atoms with Gasteiger partial charge in [-0.05, 0) is 43.7 Å². The summed E-state index contributed by atoms with van der Waals surface area (Å²) < 4.78 is 25.7. The van der Waals surface area contributed by atoms with E-state index in [1.165, 1.54) is 7.05 Å². The average molecular weight is 248 g/mol. The summed E-state index contributed by atoms with van der Waals surface area (Å²) in [5, 5.41) is 0. The van der Waals surface area contributed by atoms with E-state index in [0.717, 1.165) is 16.7 Å². The number of rotatable bonds is 3. The Hall–Kier alpha value is -0.580. The lowest BCUT2D eigenvalue weighted by Gasteiger charge is -2.10. The van der Waals surface area contributed by atoms with Crippen molar-refractivity contribution in [3.05, 3.63) is 28.8 Å². The molecule has 0 spiro atoms. The summed E-state index contributed by atoms with van der Waals surface area (Å²) in [5.41, 5.74) is 2.51. The van der Waals surface area contributed by atoms with Gasteiger partial charge in [0.05, 0.1) is 4.90 Å². The number of hydrogen-bond acceptors (Lipinski definition) is 2. The SMILES string of the molecule is CNS(=O)(=O)c1cc(CCl)cc(C)c1C. The highest BCUT2D eigenvalue weighted by molar-refractivity contribution is 7.89. The highest BCUT2D eigenvalue weighted by atomic mass is 35.5. The van der Waals surface area contributed by atoms with Crippen LogP contribution in [-0.4, -0.2) is 15.5 Å². The third kappa shape index (κ3) is 2.51. The molecule has 0 amide bonds. The number of halogens is 1. The van der Waals surface area contributed by atoms with Crippen molar-refractivity contribution in [2.45, 2.75) is 24.6 Å². The van der Waals surface area contributed by atoms with Crippen molar-refractivity contribution in [2.75, 3.05) is 7.05 Å². The second-order valence-electron chi connectivity index (χ2n) is 3.38. The second kappa shape index (κ2) is 4.51. The molecule has 0 aliphatic rings. The molecular formula is C10H14ClNO2S. The highest BCUT2D eigenvalue weighted by Crippen LogP contribution is 2.21. The number of hydrogen-bond donors (Lipinski definition) is 1. The molecule has 84 valence electrons. The van der Waals surface area contributed by atoms with Crippen LogP contribution in [0.4, 0.5) is 0 Å². The Morgan fingerprint density at radius 2 is 1.93 bits per heavy atom. The largest absolute Gasteiger partial charge is 0.240 e. The fraction of sp³-hybridized carbons (Fsp3) is 0.400. The summed E-state index contributed by atoms with van der Waals surface area (Å²) in [7, 11) is -1.99. The van der Waals surface area contributed by atoms with E-state index in [4.69, 9.17) is 11.6 Å². The zero-order valence-electron chi connectivity index (χ0n) is 8.96. The van der Waals surface area contributed by atoms with Crippen LogP contribution < -0.4 is 4.72 Å². The van der Waals surface area contributed by atoms with Crippen LogP contribution in [0.25, 0.3) is 0 Å². The van der Waals surface area contributed by atoms with Gasteiger partial charge in [-0.15, -0.1) is 11.6 Å². The van der Waals surface area contributed by atoms with Crippen LogP contribution >= 0.6 is 11.6 Å². The first kappa shape index (κ1) is 12.5. The molecule has 0 radical (unpaired) electrons. The van der Waals surface area contributed by atoms with Gasteiger partial charge >= 0.3 is 0 Å². The summed E-state index contributed by atoms with van der Waals surface area (Å²) in [5.74, 6) is 0.313. The van der Waals surface area contributed by atoms with E-state index in [0.29, 0.717) is 10.8 Å². The molecule has 0 saturated carbocycles. The maximum absolute atomic E-state index is 11.7. The van der Waals surface area contributed by atoms with Crippen molar-refractivity contribution in [1.29, 1.82) is 0 Å². The summed E-state index contributed by atoms with van der Waals surface area (Å²) in [6, 6.07) is 3.51. The molecule has 1 rings (SSSR count). The lowest BCUT2D eigenvalue weighted by atomic mass is 10.1.